The molecule has 0 unspecified atom stereocenters. The molecule has 0 saturated heterocycles. The van der Waals surface area contributed by atoms with Crippen molar-refractivity contribution in [1.29, 1.82) is 0 Å². The van der Waals surface area contributed by atoms with Crippen LogP contribution < -0.4 is 10.6 Å². The van der Waals surface area contributed by atoms with E-state index in [4.69, 9.17) is 22.4 Å². The molecule has 86 valence electrons. The number of rotatable bonds is 4. The molecule has 0 saturated carbocycles. The zero-order valence-corrected chi connectivity index (χ0v) is 9.36. The lowest BCUT2D eigenvalue weighted by molar-refractivity contribution is -0.116. The van der Waals surface area contributed by atoms with Gasteiger partial charge in [0.25, 0.3) is 0 Å². The van der Waals surface area contributed by atoms with Crippen LogP contribution in [0.15, 0.2) is 18.2 Å². The van der Waals surface area contributed by atoms with Gasteiger partial charge in [0.05, 0.1) is 17.8 Å². The van der Waals surface area contributed by atoms with Crippen molar-refractivity contribution in [1.82, 2.24) is 0 Å². The normalized spacial score (nSPS) is 9.88. The molecule has 0 fully saturated rings. The molecule has 0 radical (unpaired) electrons. The van der Waals surface area contributed by atoms with Crippen LogP contribution in [-0.4, -0.2) is 30.6 Å². The largest absolute Gasteiger partial charge is 0.478 e. The van der Waals surface area contributed by atoms with Gasteiger partial charge in [0.15, 0.2) is 0 Å². The smallest absolute Gasteiger partial charge is 0.337 e. The van der Waals surface area contributed by atoms with E-state index in [1.807, 2.05) is 0 Å². The van der Waals surface area contributed by atoms with Gasteiger partial charge in [-0.2, -0.15) is 0 Å². The third-order valence-corrected chi connectivity index (χ3v) is 2.23. The highest BCUT2D eigenvalue weighted by Gasteiger charge is 2.14. The van der Waals surface area contributed by atoms with Crippen molar-refractivity contribution >= 4 is 29.2 Å². The number of hydrogen-bond acceptors (Lipinski definition) is 3. The number of carbonyl (C=O) groups excluding carboxylic acids is 1. The second-order valence-corrected chi connectivity index (χ2v) is 3.73. The molecule has 0 heterocycles. The van der Waals surface area contributed by atoms with Crippen molar-refractivity contribution in [3.8, 4) is 0 Å². The Balaban J connectivity index is 3.12. The number of likely N-dealkylation sites (N-methyl/N-ethyl adjacent to an activating group) is 1. The SMILES string of the molecule is CN(CC(N)=O)c1ccc(Cl)cc1C(=O)O. The average molecular weight is 243 g/mol. The highest BCUT2D eigenvalue weighted by Crippen LogP contribution is 2.23. The summed E-state index contributed by atoms with van der Waals surface area (Å²) in [6.45, 7) is -0.0537. The quantitative estimate of drug-likeness (QED) is 0.824. The summed E-state index contributed by atoms with van der Waals surface area (Å²) in [6, 6.07) is 4.42. The summed E-state index contributed by atoms with van der Waals surface area (Å²) >= 11 is 5.70. The molecule has 0 aliphatic rings. The first kappa shape index (κ1) is 12.3. The molecule has 0 aliphatic carbocycles. The highest BCUT2D eigenvalue weighted by molar-refractivity contribution is 6.31. The Kier molecular flexibility index (Phi) is 3.73. The molecule has 0 aromatic heterocycles. The summed E-state index contributed by atoms with van der Waals surface area (Å²) in [5.41, 5.74) is 5.47. The van der Waals surface area contributed by atoms with Gasteiger partial charge in [-0.3, -0.25) is 4.79 Å². The molecule has 1 aromatic carbocycles. The maximum Gasteiger partial charge on any atom is 0.337 e. The number of carbonyl (C=O) groups is 2. The number of nitrogens with two attached hydrogens (primary N) is 1. The summed E-state index contributed by atoms with van der Waals surface area (Å²) in [7, 11) is 1.58. The number of aromatic carboxylic acids is 1. The van der Waals surface area contributed by atoms with Crippen molar-refractivity contribution in [2.75, 3.05) is 18.5 Å². The molecule has 1 amide bonds. The number of nitrogens with zero attached hydrogens (tertiary/aromatic N) is 1. The molecule has 5 nitrogen and oxygen atoms in total. The number of primary amides is 1. The van der Waals surface area contributed by atoms with E-state index in [1.165, 1.54) is 17.0 Å². The van der Waals surface area contributed by atoms with Crippen LogP contribution >= 0.6 is 11.6 Å². The lowest BCUT2D eigenvalue weighted by atomic mass is 10.1. The van der Waals surface area contributed by atoms with Crippen LogP contribution in [0, 0.1) is 0 Å². The maximum atomic E-state index is 11.0. The minimum Gasteiger partial charge on any atom is -0.478 e. The average Bonchev–Trinajstić information content (AvgIpc) is 2.16. The number of carboxylic acids is 1. The Morgan fingerprint density at radius 3 is 2.62 bits per heavy atom. The molecule has 1 rings (SSSR count). The first-order chi connectivity index (χ1) is 7.41. The van der Waals surface area contributed by atoms with E-state index in [0.717, 1.165) is 0 Å². The highest BCUT2D eigenvalue weighted by atomic mass is 35.5. The zero-order valence-electron chi connectivity index (χ0n) is 8.61. The van der Waals surface area contributed by atoms with Gasteiger partial charge in [0.1, 0.15) is 0 Å². The zero-order chi connectivity index (χ0) is 12.3. The van der Waals surface area contributed by atoms with Crippen LogP contribution in [0.5, 0.6) is 0 Å². The van der Waals surface area contributed by atoms with Gasteiger partial charge in [0.2, 0.25) is 5.91 Å². The second kappa shape index (κ2) is 4.85. The van der Waals surface area contributed by atoms with Crippen LogP contribution in [0.1, 0.15) is 10.4 Å². The molecular formula is C10H11ClN2O3. The predicted octanol–water partition coefficient (Wildman–Crippen LogP) is 0.960. The maximum absolute atomic E-state index is 11.0. The van der Waals surface area contributed by atoms with E-state index in [0.29, 0.717) is 10.7 Å². The minimum atomic E-state index is -1.10. The lowest BCUT2D eigenvalue weighted by Crippen LogP contribution is -2.31. The summed E-state index contributed by atoms with van der Waals surface area (Å²) in [6.07, 6.45) is 0. The van der Waals surface area contributed by atoms with Gasteiger partial charge in [-0.15, -0.1) is 0 Å². The van der Waals surface area contributed by atoms with Crippen molar-refractivity contribution in [3.05, 3.63) is 28.8 Å². The lowest BCUT2D eigenvalue weighted by Gasteiger charge is -2.19. The van der Waals surface area contributed by atoms with Gasteiger partial charge < -0.3 is 15.7 Å². The van der Waals surface area contributed by atoms with E-state index in [2.05, 4.69) is 0 Å². The van der Waals surface area contributed by atoms with Crippen LogP contribution in [0.25, 0.3) is 0 Å². The number of anilines is 1. The van der Waals surface area contributed by atoms with Crippen molar-refractivity contribution in [2.24, 2.45) is 5.73 Å². The fourth-order valence-electron chi connectivity index (χ4n) is 1.33. The van der Waals surface area contributed by atoms with Gasteiger partial charge in [-0.05, 0) is 18.2 Å². The summed E-state index contributed by atoms with van der Waals surface area (Å²) < 4.78 is 0. The number of halogens is 1. The number of benzene rings is 1. The fraction of sp³-hybridized carbons (Fsp3) is 0.200. The third kappa shape index (κ3) is 2.87. The van der Waals surface area contributed by atoms with Crippen LogP contribution in [-0.2, 0) is 4.79 Å². The fourth-order valence-corrected chi connectivity index (χ4v) is 1.50. The Morgan fingerprint density at radius 2 is 2.12 bits per heavy atom. The molecule has 0 aliphatic heterocycles. The summed E-state index contributed by atoms with van der Waals surface area (Å²) in [5, 5.41) is 9.30. The van der Waals surface area contributed by atoms with Crippen LogP contribution in [0.2, 0.25) is 5.02 Å². The molecule has 0 bridgehead atoms. The number of amides is 1. The monoisotopic (exact) mass is 242 g/mol. The Hall–Kier alpha value is -1.75. The predicted molar refractivity (Wildman–Crippen MR) is 60.9 cm³/mol. The van der Waals surface area contributed by atoms with E-state index < -0.39 is 11.9 Å². The topological polar surface area (TPSA) is 83.6 Å². The molecular weight excluding hydrogens is 232 g/mol. The van der Waals surface area contributed by atoms with Gasteiger partial charge >= 0.3 is 5.97 Å². The van der Waals surface area contributed by atoms with Gasteiger partial charge in [-0.25, -0.2) is 4.79 Å². The number of carboxylic acid groups (broad SMARTS) is 1. The second-order valence-electron chi connectivity index (χ2n) is 3.29. The third-order valence-electron chi connectivity index (χ3n) is 1.99. The van der Waals surface area contributed by atoms with E-state index >= 15 is 0 Å². The molecule has 1 aromatic rings. The van der Waals surface area contributed by atoms with Crippen molar-refractivity contribution in [3.63, 3.8) is 0 Å². The number of hydrogen-bond donors (Lipinski definition) is 2. The molecule has 16 heavy (non-hydrogen) atoms. The van der Waals surface area contributed by atoms with Gasteiger partial charge in [0, 0.05) is 12.1 Å². The first-order valence-corrected chi connectivity index (χ1v) is 4.82. The standard InChI is InChI=1S/C10H11ClN2O3/c1-13(5-9(12)14)8-3-2-6(11)4-7(8)10(15)16/h2-4H,5H2,1H3,(H2,12,14)(H,15,16). The van der Waals surface area contributed by atoms with E-state index in [-0.39, 0.29) is 12.1 Å². The van der Waals surface area contributed by atoms with Crippen LogP contribution in [0.4, 0.5) is 5.69 Å². The molecule has 0 spiro atoms. The molecule has 6 heteroatoms. The van der Waals surface area contributed by atoms with E-state index in [1.54, 1.807) is 13.1 Å². The van der Waals surface area contributed by atoms with Gasteiger partial charge in [-0.1, -0.05) is 11.6 Å². The Bertz CT molecular complexity index is 434. The summed E-state index contributed by atoms with van der Waals surface area (Å²) in [4.78, 5) is 23.2. The van der Waals surface area contributed by atoms with Crippen molar-refractivity contribution < 1.29 is 14.7 Å². The van der Waals surface area contributed by atoms with E-state index in [9.17, 15) is 9.59 Å². The Labute approximate surface area is 97.4 Å². The molecule has 0 atom stereocenters. The van der Waals surface area contributed by atoms with Crippen LogP contribution in [0.3, 0.4) is 0 Å². The summed E-state index contributed by atoms with van der Waals surface area (Å²) in [5.74, 6) is -1.64. The molecule has 3 N–H and O–H groups in total. The van der Waals surface area contributed by atoms with Crippen molar-refractivity contribution in [2.45, 2.75) is 0 Å². The minimum absolute atomic E-state index is 0.0382. The Morgan fingerprint density at radius 1 is 1.50 bits per heavy atom. The first-order valence-electron chi connectivity index (χ1n) is 4.44.